The molecule has 1 aliphatic rings. The Kier molecular flexibility index (Phi) is 2.48. The summed E-state index contributed by atoms with van der Waals surface area (Å²) in [6.07, 6.45) is 8.02. The van der Waals surface area contributed by atoms with E-state index in [2.05, 4.69) is 18.5 Å². The lowest BCUT2D eigenvalue weighted by Gasteiger charge is -2.21. The van der Waals surface area contributed by atoms with Gasteiger partial charge in [0.15, 0.2) is 0 Å². The summed E-state index contributed by atoms with van der Waals surface area (Å²) in [7, 11) is 0. The second kappa shape index (κ2) is 3.57. The monoisotopic (exact) mass is 162 g/mol. The third-order valence-electron chi connectivity index (χ3n) is 1.43. The topological polar surface area (TPSA) is 32.3 Å². The van der Waals surface area contributed by atoms with E-state index in [1.807, 2.05) is 0 Å². The normalized spacial score (nSPS) is 19.2. The molecule has 0 unspecified atom stereocenters. The zero-order valence-corrected chi connectivity index (χ0v) is 6.66. The Balaban J connectivity index is 2.99. The number of allylic oxidation sites excluding steroid dienone is 2. The van der Waals surface area contributed by atoms with Gasteiger partial charge in [0.05, 0.1) is 0 Å². The number of nitrogens with one attached hydrogen (secondary N) is 1. The van der Waals surface area contributed by atoms with Gasteiger partial charge in [-0.3, -0.25) is 4.79 Å². The van der Waals surface area contributed by atoms with Crippen LogP contribution in [0.15, 0.2) is 49.6 Å². The van der Waals surface area contributed by atoms with E-state index in [1.165, 1.54) is 0 Å². The highest BCUT2D eigenvalue weighted by Crippen LogP contribution is 2.09. The van der Waals surface area contributed by atoms with Crippen molar-refractivity contribution in [3.8, 4) is 0 Å². The molecule has 1 amide bonds. The molecule has 0 radical (unpaired) electrons. The van der Waals surface area contributed by atoms with Crippen molar-refractivity contribution in [3.63, 3.8) is 0 Å². The lowest BCUT2D eigenvalue weighted by atomic mass is 10.3. The van der Waals surface area contributed by atoms with Gasteiger partial charge in [0.1, 0.15) is 5.70 Å². The molecule has 0 aromatic heterocycles. The Hall–Kier alpha value is -1.77. The van der Waals surface area contributed by atoms with Crippen LogP contribution in [0.5, 0.6) is 0 Å². The van der Waals surface area contributed by atoms with Gasteiger partial charge in [-0.05, 0) is 6.08 Å². The minimum Gasteiger partial charge on any atom is -0.326 e. The van der Waals surface area contributed by atoms with Crippen LogP contribution in [0.3, 0.4) is 0 Å². The molecular formula is C9H10N2O. The maximum absolute atomic E-state index is 11.2. The number of carbonyl (C=O) groups excluding carboxylic acids is 1. The van der Waals surface area contributed by atoms with E-state index in [0.29, 0.717) is 5.70 Å². The molecule has 1 aliphatic heterocycles. The Labute approximate surface area is 71.4 Å². The summed E-state index contributed by atoms with van der Waals surface area (Å²) in [6, 6.07) is 0. The van der Waals surface area contributed by atoms with E-state index in [0.717, 1.165) is 0 Å². The number of carbonyl (C=O) groups is 1. The molecule has 3 heteroatoms. The summed E-state index contributed by atoms with van der Waals surface area (Å²) in [6.45, 7) is 7.09. The third-order valence-corrected chi connectivity index (χ3v) is 1.43. The van der Waals surface area contributed by atoms with Gasteiger partial charge in [-0.2, -0.15) is 0 Å². The SMILES string of the molecule is C=C/C=C1/C(=O)NC=CN1C=C. The van der Waals surface area contributed by atoms with E-state index in [4.69, 9.17) is 0 Å². The Morgan fingerprint density at radius 1 is 1.50 bits per heavy atom. The van der Waals surface area contributed by atoms with Crippen molar-refractivity contribution < 1.29 is 4.79 Å². The fourth-order valence-electron chi connectivity index (χ4n) is 0.897. The molecule has 62 valence electrons. The highest BCUT2D eigenvalue weighted by Gasteiger charge is 2.14. The average molecular weight is 162 g/mol. The summed E-state index contributed by atoms with van der Waals surface area (Å²) in [4.78, 5) is 12.8. The molecule has 1 heterocycles. The summed E-state index contributed by atoms with van der Waals surface area (Å²) >= 11 is 0. The zero-order chi connectivity index (χ0) is 8.97. The van der Waals surface area contributed by atoms with Gasteiger partial charge in [-0.15, -0.1) is 0 Å². The first kappa shape index (κ1) is 8.33. The molecule has 1 rings (SSSR count). The molecule has 12 heavy (non-hydrogen) atoms. The molecule has 0 aliphatic carbocycles. The van der Waals surface area contributed by atoms with Crippen molar-refractivity contribution in [2.45, 2.75) is 0 Å². The van der Waals surface area contributed by atoms with E-state index < -0.39 is 0 Å². The van der Waals surface area contributed by atoms with Crippen LogP contribution in [0.1, 0.15) is 0 Å². The molecule has 0 atom stereocenters. The maximum Gasteiger partial charge on any atom is 0.272 e. The van der Waals surface area contributed by atoms with Crippen LogP contribution >= 0.6 is 0 Å². The third kappa shape index (κ3) is 1.45. The Bertz CT molecular complexity index is 276. The number of amides is 1. The highest BCUT2D eigenvalue weighted by atomic mass is 16.2. The summed E-state index contributed by atoms with van der Waals surface area (Å²) in [5, 5.41) is 2.56. The van der Waals surface area contributed by atoms with Gasteiger partial charge in [-0.1, -0.05) is 19.2 Å². The lowest BCUT2D eigenvalue weighted by molar-refractivity contribution is -0.118. The second-order valence-electron chi connectivity index (χ2n) is 2.17. The maximum atomic E-state index is 11.2. The first-order chi connectivity index (χ1) is 5.79. The largest absolute Gasteiger partial charge is 0.326 e. The van der Waals surface area contributed by atoms with E-state index >= 15 is 0 Å². The molecular weight excluding hydrogens is 152 g/mol. The number of rotatable bonds is 2. The standard InChI is InChI=1S/C9H10N2O/c1-3-5-8-9(12)10-6-7-11(8)4-2/h3-7H,1-2H2,(H,10,12)/b8-5-. The van der Waals surface area contributed by atoms with Crippen molar-refractivity contribution in [1.29, 1.82) is 0 Å². The van der Waals surface area contributed by atoms with Gasteiger partial charge >= 0.3 is 0 Å². The smallest absolute Gasteiger partial charge is 0.272 e. The molecule has 0 aromatic carbocycles. The van der Waals surface area contributed by atoms with E-state index in [1.54, 1.807) is 35.7 Å². The predicted octanol–water partition coefficient (Wildman–Crippen LogP) is 1.10. The minimum atomic E-state index is -0.155. The van der Waals surface area contributed by atoms with Gasteiger partial charge in [0.25, 0.3) is 5.91 Å². The van der Waals surface area contributed by atoms with Crippen LogP contribution < -0.4 is 5.32 Å². The van der Waals surface area contributed by atoms with Crippen molar-refractivity contribution >= 4 is 5.91 Å². The number of hydrogen-bond acceptors (Lipinski definition) is 2. The first-order valence-electron chi connectivity index (χ1n) is 3.50. The minimum absolute atomic E-state index is 0.155. The summed E-state index contributed by atoms with van der Waals surface area (Å²) < 4.78 is 0. The number of hydrogen-bond donors (Lipinski definition) is 1. The Morgan fingerprint density at radius 2 is 2.25 bits per heavy atom. The fraction of sp³-hybridized carbons (Fsp3) is 0. The van der Waals surface area contributed by atoms with Crippen molar-refractivity contribution in [1.82, 2.24) is 10.2 Å². The molecule has 3 nitrogen and oxygen atoms in total. The number of nitrogens with zero attached hydrogens (tertiary/aromatic N) is 1. The fourth-order valence-corrected chi connectivity index (χ4v) is 0.897. The van der Waals surface area contributed by atoms with Crippen LogP contribution in [0.2, 0.25) is 0 Å². The molecule has 1 N–H and O–H groups in total. The van der Waals surface area contributed by atoms with Gasteiger partial charge in [0.2, 0.25) is 0 Å². The lowest BCUT2D eigenvalue weighted by Crippen LogP contribution is -2.31. The van der Waals surface area contributed by atoms with E-state index in [9.17, 15) is 4.79 Å². The van der Waals surface area contributed by atoms with Gasteiger partial charge in [0, 0.05) is 18.6 Å². The van der Waals surface area contributed by atoms with Crippen LogP contribution in [-0.2, 0) is 4.79 Å². The molecule has 0 spiro atoms. The summed E-state index contributed by atoms with van der Waals surface area (Å²) in [5.74, 6) is -0.155. The first-order valence-corrected chi connectivity index (χ1v) is 3.50. The zero-order valence-electron chi connectivity index (χ0n) is 6.66. The molecule has 0 bridgehead atoms. The highest BCUT2D eigenvalue weighted by molar-refractivity contribution is 5.95. The molecule has 0 saturated carbocycles. The average Bonchev–Trinajstić information content (AvgIpc) is 2.09. The van der Waals surface area contributed by atoms with E-state index in [-0.39, 0.29) is 5.91 Å². The van der Waals surface area contributed by atoms with Crippen molar-refractivity contribution in [3.05, 3.63) is 49.6 Å². The Morgan fingerprint density at radius 3 is 2.83 bits per heavy atom. The quantitative estimate of drug-likeness (QED) is 0.617. The second-order valence-corrected chi connectivity index (χ2v) is 2.17. The molecule has 0 saturated heterocycles. The molecule has 0 aromatic rings. The van der Waals surface area contributed by atoms with Crippen LogP contribution in [-0.4, -0.2) is 10.8 Å². The summed E-state index contributed by atoms with van der Waals surface area (Å²) in [5.41, 5.74) is 0.516. The van der Waals surface area contributed by atoms with Crippen molar-refractivity contribution in [2.24, 2.45) is 0 Å². The van der Waals surface area contributed by atoms with Crippen LogP contribution in [0.25, 0.3) is 0 Å². The van der Waals surface area contributed by atoms with Crippen LogP contribution in [0.4, 0.5) is 0 Å². The predicted molar refractivity (Wildman–Crippen MR) is 47.6 cm³/mol. The van der Waals surface area contributed by atoms with Gasteiger partial charge in [-0.25, -0.2) is 0 Å². The van der Waals surface area contributed by atoms with Crippen molar-refractivity contribution in [2.75, 3.05) is 0 Å². The molecule has 0 fully saturated rings. The van der Waals surface area contributed by atoms with Gasteiger partial charge < -0.3 is 10.2 Å². The van der Waals surface area contributed by atoms with Crippen LogP contribution in [0, 0.1) is 0 Å².